The third-order valence-corrected chi connectivity index (χ3v) is 6.77. The first-order valence-electron chi connectivity index (χ1n) is 10.3. The lowest BCUT2D eigenvalue weighted by molar-refractivity contribution is -0.113. The summed E-state index contributed by atoms with van der Waals surface area (Å²) in [4.78, 5) is 12.5. The van der Waals surface area contributed by atoms with E-state index < -0.39 is 0 Å². The van der Waals surface area contributed by atoms with Crippen LogP contribution in [0.5, 0.6) is 0 Å². The molecule has 0 radical (unpaired) electrons. The number of nitrogens with one attached hydrogen (secondary N) is 1. The van der Waals surface area contributed by atoms with E-state index in [9.17, 15) is 4.79 Å². The maximum Gasteiger partial charge on any atom is 0.234 e. The molecule has 3 aromatic rings. The molecule has 1 aliphatic rings. The first-order valence-corrected chi connectivity index (χ1v) is 11.7. The molecular formula is C23H25ClN4OS. The Morgan fingerprint density at radius 1 is 1.13 bits per heavy atom. The first-order chi connectivity index (χ1) is 14.6. The summed E-state index contributed by atoms with van der Waals surface area (Å²) in [6.07, 6.45) is 6.04. The number of nitrogens with zero attached hydrogens (tertiary/aromatic N) is 3. The fourth-order valence-electron chi connectivity index (χ4n) is 3.82. The fourth-order valence-corrected chi connectivity index (χ4v) is 4.76. The minimum Gasteiger partial charge on any atom is -0.325 e. The zero-order valence-electron chi connectivity index (χ0n) is 17.0. The average molecular weight is 441 g/mol. The van der Waals surface area contributed by atoms with Crippen molar-refractivity contribution in [2.24, 2.45) is 0 Å². The van der Waals surface area contributed by atoms with E-state index in [-0.39, 0.29) is 11.7 Å². The number of halogens is 1. The molecule has 1 aromatic heterocycles. The van der Waals surface area contributed by atoms with Gasteiger partial charge in [0.05, 0.1) is 5.75 Å². The zero-order valence-corrected chi connectivity index (χ0v) is 18.5. The lowest BCUT2D eigenvalue weighted by Crippen LogP contribution is -2.15. The van der Waals surface area contributed by atoms with Gasteiger partial charge in [-0.3, -0.25) is 9.36 Å². The molecule has 0 spiro atoms. The van der Waals surface area contributed by atoms with E-state index in [2.05, 4.69) is 32.2 Å². The molecule has 1 heterocycles. The zero-order chi connectivity index (χ0) is 20.9. The monoisotopic (exact) mass is 440 g/mol. The second kappa shape index (κ2) is 9.67. The molecule has 5 nitrogen and oxygen atoms in total. The van der Waals surface area contributed by atoms with Crippen molar-refractivity contribution in [1.29, 1.82) is 0 Å². The highest BCUT2D eigenvalue weighted by Crippen LogP contribution is 2.34. The van der Waals surface area contributed by atoms with Gasteiger partial charge in [-0.05, 0) is 49.6 Å². The number of anilines is 1. The third kappa shape index (κ3) is 4.87. The highest BCUT2D eigenvalue weighted by Gasteiger charge is 2.24. The number of hydrogen-bond donors (Lipinski definition) is 1. The number of aryl methyl sites for hydroxylation is 1. The molecule has 1 saturated carbocycles. The summed E-state index contributed by atoms with van der Waals surface area (Å²) in [5.41, 5.74) is 2.72. The molecule has 4 rings (SSSR count). The van der Waals surface area contributed by atoms with E-state index in [1.807, 2.05) is 37.3 Å². The number of benzene rings is 2. The van der Waals surface area contributed by atoms with Gasteiger partial charge in [0.1, 0.15) is 5.82 Å². The topological polar surface area (TPSA) is 59.8 Å². The van der Waals surface area contributed by atoms with Gasteiger partial charge in [-0.2, -0.15) is 0 Å². The standard InChI is InChI=1S/C23H25ClN4OS/c1-16-12-13-18(14-20(16)24)25-21(29)15-30-23-27-26-22(17-8-4-2-5-9-17)28(23)19-10-6-3-7-11-19/h3,6-7,10-14,17H,2,4-5,8-9,15H2,1H3,(H,25,29). The molecule has 1 amide bonds. The van der Waals surface area contributed by atoms with Crippen molar-refractivity contribution >= 4 is 35.0 Å². The van der Waals surface area contributed by atoms with E-state index in [1.54, 1.807) is 6.07 Å². The largest absolute Gasteiger partial charge is 0.325 e. The molecule has 156 valence electrons. The summed E-state index contributed by atoms with van der Waals surface area (Å²) in [7, 11) is 0. The van der Waals surface area contributed by atoms with Crippen LogP contribution in [0.4, 0.5) is 5.69 Å². The second-order valence-corrected chi connectivity index (χ2v) is 9.00. The highest BCUT2D eigenvalue weighted by atomic mass is 35.5. The Morgan fingerprint density at radius 2 is 1.90 bits per heavy atom. The van der Waals surface area contributed by atoms with Crippen LogP contribution >= 0.6 is 23.4 Å². The van der Waals surface area contributed by atoms with E-state index in [0.29, 0.717) is 16.6 Å². The maximum absolute atomic E-state index is 12.5. The number of rotatable bonds is 6. The Kier molecular flexibility index (Phi) is 6.75. The van der Waals surface area contributed by atoms with Crippen LogP contribution in [0.25, 0.3) is 5.69 Å². The number of amides is 1. The number of aromatic nitrogens is 3. The van der Waals surface area contributed by atoms with Gasteiger partial charge in [0.2, 0.25) is 5.91 Å². The van der Waals surface area contributed by atoms with Crippen LogP contribution in [0, 0.1) is 6.92 Å². The predicted molar refractivity (Wildman–Crippen MR) is 123 cm³/mol. The van der Waals surface area contributed by atoms with Crippen LogP contribution < -0.4 is 5.32 Å². The van der Waals surface area contributed by atoms with Gasteiger partial charge in [-0.1, -0.05) is 66.9 Å². The minimum atomic E-state index is -0.0956. The third-order valence-electron chi connectivity index (χ3n) is 5.43. The van der Waals surface area contributed by atoms with Gasteiger partial charge in [-0.15, -0.1) is 10.2 Å². The summed E-state index contributed by atoms with van der Waals surface area (Å²) in [5.74, 6) is 1.58. The van der Waals surface area contributed by atoms with Crippen molar-refractivity contribution in [3.8, 4) is 5.69 Å². The lowest BCUT2D eigenvalue weighted by Gasteiger charge is -2.22. The lowest BCUT2D eigenvalue weighted by atomic mass is 9.88. The molecule has 0 saturated heterocycles. The summed E-state index contributed by atoms with van der Waals surface area (Å²) >= 11 is 7.56. The van der Waals surface area contributed by atoms with Crippen molar-refractivity contribution in [2.45, 2.75) is 50.1 Å². The highest BCUT2D eigenvalue weighted by molar-refractivity contribution is 7.99. The molecule has 30 heavy (non-hydrogen) atoms. The number of thioether (sulfide) groups is 1. The average Bonchev–Trinajstić information content (AvgIpc) is 3.20. The molecule has 2 aromatic carbocycles. The Labute approximate surface area is 186 Å². The normalized spacial score (nSPS) is 14.6. The minimum absolute atomic E-state index is 0.0956. The predicted octanol–water partition coefficient (Wildman–Crippen LogP) is 6.01. The van der Waals surface area contributed by atoms with Crippen LogP contribution in [-0.4, -0.2) is 26.4 Å². The van der Waals surface area contributed by atoms with E-state index in [0.717, 1.165) is 35.1 Å². The summed E-state index contributed by atoms with van der Waals surface area (Å²) < 4.78 is 2.12. The van der Waals surface area contributed by atoms with Gasteiger partial charge in [-0.25, -0.2) is 0 Å². The Hall–Kier alpha value is -2.31. The van der Waals surface area contributed by atoms with E-state index >= 15 is 0 Å². The first kappa shape index (κ1) is 20.9. The molecule has 1 fully saturated rings. The van der Waals surface area contributed by atoms with Crippen molar-refractivity contribution in [3.63, 3.8) is 0 Å². The van der Waals surface area contributed by atoms with Crippen LogP contribution in [0.2, 0.25) is 5.02 Å². The van der Waals surface area contributed by atoms with Gasteiger partial charge >= 0.3 is 0 Å². The Balaban J connectivity index is 1.51. The van der Waals surface area contributed by atoms with Crippen LogP contribution in [0.15, 0.2) is 53.7 Å². The fraction of sp³-hybridized carbons (Fsp3) is 0.348. The van der Waals surface area contributed by atoms with Crippen molar-refractivity contribution in [3.05, 3.63) is 64.9 Å². The molecule has 1 aliphatic carbocycles. The Morgan fingerprint density at radius 3 is 2.63 bits per heavy atom. The van der Waals surface area contributed by atoms with Crippen LogP contribution in [0.3, 0.4) is 0 Å². The van der Waals surface area contributed by atoms with Crippen molar-refractivity contribution < 1.29 is 4.79 Å². The SMILES string of the molecule is Cc1ccc(NC(=O)CSc2nnc(C3CCCCC3)n2-c2ccccc2)cc1Cl. The smallest absolute Gasteiger partial charge is 0.234 e. The van der Waals surface area contributed by atoms with Gasteiger partial charge < -0.3 is 5.32 Å². The van der Waals surface area contributed by atoms with Gasteiger partial charge in [0.25, 0.3) is 0 Å². The van der Waals surface area contributed by atoms with Gasteiger partial charge in [0, 0.05) is 22.3 Å². The van der Waals surface area contributed by atoms with Crippen LogP contribution in [0.1, 0.15) is 49.4 Å². The molecule has 7 heteroatoms. The summed E-state index contributed by atoms with van der Waals surface area (Å²) in [6.45, 7) is 1.93. The molecule has 0 bridgehead atoms. The molecule has 0 atom stereocenters. The van der Waals surface area contributed by atoms with E-state index in [4.69, 9.17) is 11.6 Å². The molecule has 1 N–H and O–H groups in total. The van der Waals surface area contributed by atoms with E-state index in [1.165, 1.54) is 31.0 Å². The van der Waals surface area contributed by atoms with Crippen LogP contribution in [-0.2, 0) is 4.79 Å². The maximum atomic E-state index is 12.5. The van der Waals surface area contributed by atoms with Crippen molar-refractivity contribution in [1.82, 2.24) is 14.8 Å². The van der Waals surface area contributed by atoms with Gasteiger partial charge in [0.15, 0.2) is 5.16 Å². The Bertz CT molecular complexity index is 1020. The number of carbonyl (C=O) groups is 1. The quantitative estimate of drug-likeness (QED) is 0.477. The molecule has 0 unspecified atom stereocenters. The number of carbonyl (C=O) groups excluding carboxylic acids is 1. The molecule has 0 aliphatic heterocycles. The number of para-hydroxylation sites is 1. The second-order valence-electron chi connectivity index (χ2n) is 7.65. The van der Waals surface area contributed by atoms with Crippen molar-refractivity contribution in [2.75, 3.05) is 11.1 Å². The summed E-state index contributed by atoms with van der Waals surface area (Å²) in [6, 6.07) is 15.7. The molecular weight excluding hydrogens is 416 g/mol. The number of hydrogen-bond acceptors (Lipinski definition) is 4. The summed E-state index contributed by atoms with van der Waals surface area (Å²) in [5, 5.41) is 13.3.